The van der Waals surface area contributed by atoms with Crippen LogP contribution in [0.4, 0.5) is 0 Å². The summed E-state index contributed by atoms with van der Waals surface area (Å²) in [4.78, 5) is 12.7. The first-order valence-corrected chi connectivity index (χ1v) is 11.4. The van der Waals surface area contributed by atoms with Gasteiger partial charge in [0.2, 0.25) is 10.0 Å². The van der Waals surface area contributed by atoms with Crippen molar-refractivity contribution in [2.75, 3.05) is 26.2 Å². The molecular weight excluding hydrogens is 362 g/mol. The largest absolute Gasteiger partial charge is 0.351 e. The summed E-state index contributed by atoms with van der Waals surface area (Å²) in [6.45, 7) is 7.32. The molecule has 1 amide bonds. The van der Waals surface area contributed by atoms with E-state index in [0.717, 1.165) is 45.2 Å². The van der Waals surface area contributed by atoms with Crippen molar-refractivity contribution >= 4 is 15.9 Å². The van der Waals surface area contributed by atoms with Crippen molar-refractivity contribution in [3.05, 3.63) is 29.8 Å². The molecular formula is C20H31N3O3S. The van der Waals surface area contributed by atoms with Gasteiger partial charge in [0.05, 0.1) is 4.90 Å². The molecule has 3 rings (SSSR count). The van der Waals surface area contributed by atoms with Crippen molar-refractivity contribution in [2.45, 2.75) is 56.9 Å². The highest BCUT2D eigenvalue weighted by Crippen LogP contribution is 2.27. The summed E-state index contributed by atoms with van der Waals surface area (Å²) in [6.07, 6.45) is 4.95. The van der Waals surface area contributed by atoms with Gasteiger partial charge in [-0.3, -0.25) is 4.79 Å². The summed E-state index contributed by atoms with van der Waals surface area (Å²) >= 11 is 0. The van der Waals surface area contributed by atoms with Gasteiger partial charge >= 0.3 is 0 Å². The lowest BCUT2D eigenvalue weighted by Gasteiger charge is -2.34. The maximum absolute atomic E-state index is 12.9. The Morgan fingerprint density at radius 1 is 1.22 bits per heavy atom. The van der Waals surface area contributed by atoms with E-state index in [4.69, 9.17) is 0 Å². The summed E-state index contributed by atoms with van der Waals surface area (Å²) in [5, 5.41) is 6.35. The number of amides is 1. The summed E-state index contributed by atoms with van der Waals surface area (Å²) in [5.41, 5.74) is 0.618. The van der Waals surface area contributed by atoms with E-state index >= 15 is 0 Å². The minimum Gasteiger partial charge on any atom is -0.351 e. The predicted octanol–water partition coefficient (Wildman–Crippen LogP) is 2.37. The Bertz CT molecular complexity index is 755. The molecule has 1 aromatic rings. The lowest BCUT2D eigenvalue weighted by Crippen LogP contribution is -2.43. The molecule has 1 unspecified atom stereocenters. The van der Waals surface area contributed by atoms with Gasteiger partial charge in [-0.05, 0) is 75.4 Å². The Morgan fingerprint density at radius 2 is 1.89 bits per heavy atom. The second-order valence-electron chi connectivity index (χ2n) is 8.23. The molecule has 0 spiro atoms. The van der Waals surface area contributed by atoms with Crippen molar-refractivity contribution in [3.8, 4) is 0 Å². The second kappa shape index (κ2) is 8.29. The highest BCUT2D eigenvalue weighted by molar-refractivity contribution is 7.89. The first kappa shape index (κ1) is 20.3. The minimum atomic E-state index is -3.50. The fourth-order valence-electron chi connectivity index (χ4n) is 3.95. The molecule has 27 heavy (non-hydrogen) atoms. The average molecular weight is 394 g/mol. The van der Waals surface area contributed by atoms with Crippen molar-refractivity contribution < 1.29 is 13.2 Å². The van der Waals surface area contributed by atoms with Crippen LogP contribution in [0.2, 0.25) is 0 Å². The first-order chi connectivity index (χ1) is 12.8. The standard InChI is InChI=1S/C20H31N3O3S/c1-16-5-3-4-14-23(16)27(25,26)18-8-6-17(7-9-18)19(24)22-15-20(2)10-12-21-13-11-20/h6-9,16,21H,3-5,10-15H2,1-2H3,(H,22,24). The van der Waals surface area contributed by atoms with Crippen LogP contribution in [-0.2, 0) is 10.0 Å². The Hall–Kier alpha value is -1.44. The highest BCUT2D eigenvalue weighted by atomic mass is 32.2. The molecule has 0 aliphatic carbocycles. The molecule has 0 saturated carbocycles. The third kappa shape index (κ3) is 4.70. The van der Waals surface area contributed by atoms with Crippen LogP contribution in [0, 0.1) is 5.41 Å². The SMILES string of the molecule is CC1CCCCN1S(=O)(=O)c1ccc(C(=O)NCC2(C)CCNCC2)cc1. The zero-order chi connectivity index (χ0) is 19.5. The number of hydrogen-bond acceptors (Lipinski definition) is 4. The molecule has 0 aromatic heterocycles. The Morgan fingerprint density at radius 3 is 2.52 bits per heavy atom. The number of piperidine rings is 2. The maximum Gasteiger partial charge on any atom is 0.251 e. The van der Waals surface area contributed by atoms with Gasteiger partial charge in [0.15, 0.2) is 0 Å². The second-order valence-corrected chi connectivity index (χ2v) is 10.1. The van der Waals surface area contributed by atoms with Crippen LogP contribution in [0.1, 0.15) is 56.3 Å². The quantitative estimate of drug-likeness (QED) is 0.805. The number of sulfonamides is 1. The molecule has 6 nitrogen and oxygen atoms in total. The smallest absolute Gasteiger partial charge is 0.251 e. The lowest BCUT2D eigenvalue weighted by atomic mass is 9.81. The van der Waals surface area contributed by atoms with Crippen LogP contribution in [0.25, 0.3) is 0 Å². The number of rotatable bonds is 5. The molecule has 0 bridgehead atoms. The summed E-state index contributed by atoms with van der Waals surface area (Å²) in [7, 11) is -3.50. The first-order valence-electron chi connectivity index (χ1n) is 9.93. The molecule has 1 atom stereocenters. The number of hydrogen-bond donors (Lipinski definition) is 2. The van der Waals surface area contributed by atoms with E-state index in [1.54, 1.807) is 28.6 Å². The lowest BCUT2D eigenvalue weighted by molar-refractivity contribution is 0.0922. The fraction of sp³-hybridized carbons (Fsp3) is 0.650. The predicted molar refractivity (Wildman–Crippen MR) is 106 cm³/mol. The monoisotopic (exact) mass is 393 g/mol. The molecule has 2 fully saturated rings. The van der Waals surface area contributed by atoms with Crippen LogP contribution >= 0.6 is 0 Å². The van der Waals surface area contributed by atoms with E-state index in [0.29, 0.717) is 18.7 Å². The average Bonchev–Trinajstić information content (AvgIpc) is 2.67. The van der Waals surface area contributed by atoms with Gasteiger partial charge in [0.1, 0.15) is 0 Å². The molecule has 2 N–H and O–H groups in total. The van der Waals surface area contributed by atoms with Gasteiger partial charge in [0, 0.05) is 24.7 Å². The highest BCUT2D eigenvalue weighted by Gasteiger charge is 2.31. The maximum atomic E-state index is 12.9. The topological polar surface area (TPSA) is 78.5 Å². The van der Waals surface area contributed by atoms with Gasteiger partial charge < -0.3 is 10.6 Å². The van der Waals surface area contributed by atoms with Crippen molar-refractivity contribution in [1.82, 2.24) is 14.9 Å². The molecule has 2 aliphatic heterocycles. The van der Waals surface area contributed by atoms with E-state index in [2.05, 4.69) is 17.6 Å². The molecule has 2 saturated heterocycles. The van der Waals surface area contributed by atoms with Gasteiger partial charge in [-0.2, -0.15) is 4.31 Å². The number of carbonyl (C=O) groups is 1. The summed E-state index contributed by atoms with van der Waals surface area (Å²) in [5.74, 6) is -0.148. The Kier molecular flexibility index (Phi) is 6.23. The Balaban J connectivity index is 1.64. The molecule has 0 radical (unpaired) electrons. The number of nitrogens with one attached hydrogen (secondary N) is 2. The van der Waals surface area contributed by atoms with Crippen molar-refractivity contribution in [1.29, 1.82) is 0 Å². The number of carbonyl (C=O) groups excluding carboxylic acids is 1. The van der Waals surface area contributed by atoms with Crippen molar-refractivity contribution in [2.24, 2.45) is 5.41 Å². The Labute approximate surface area is 162 Å². The van der Waals surface area contributed by atoms with Gasteiger partial charge in [-0.25, -0.2) is 8.42 Å². The third-order valence-corrected chi connectivity index (χ3v) is 7.98. The molecule has 1 aromatic carbocycles. The molecule has 7 heteroatoms. The minimum absolute atomic E-state index is 0.0254. The van der Waals surface area contributed by atoms with E-state index in [9.17, 15) is 13.2 Å². The number of nitrogens with zero attached hydrogens (tertiary/aromatic N) is 1. The zero-order valence-corrected chi connectivity index (χ0v) is 17.1. The van der Waals surface area contributed by atoms with Gasteiger partial charge in [0.25, 0.3) is 5.91 Å². The molecule has 150 valence electrons. The normalized spacial score (nSPS) is 23.7. The molecule has 2 aliphatic rings. The summed E-state index contributed by atoms with van der Waals surface area (Å²) in [6, 6.07) is 6.36. The van der Waals surface area contributed by atoms with Crippen LogP contribution < -0.4 is 10.6 Å². The van der Waals surface area contributed by atoms with Crippen LogP contribution in [0.3, 0.4) is 0 Å². The van der Waals surface area contributed by atoms with Gasteiger partial charge in [-0.15, -0.1) is 0 Å². The summed E-state index contributed by atoms with van der Waals surface area (Å²) < 4.78 is 27.3. The zero-order valence-electron chi connectivity index (χ0n) is 16.3. The third-order valence-electron chi connectivity index (χ3n) is 5.95. The van der Waals surface area contributed by atoms with Crippen LogP contribution in [-0.4, -0.2) is 50.9 Å². The van der Waals surface area contributed by atoms with E-state index in [-0.39, 0.29) is 22.3 Å². The van der Waals surface area contributed by atoms with E-state index in [1.807, 2.05) is 6.92 Å². The number of benzene rings is 1. The van der Waals surface area contributed by atoms with Crippen LogP contribution in [0.15, 0.2) is 29.2 Å². The van der Waals surface area contributed by atoms with Crippen molar-refractivity contribution in [3.63, 3.8) is 0 Å². The van der Waals surface area contributed by atoms with Gasteiger partial charge in [-0.1, -0.05) is 13.3 Å². The van der Waals surface area contributed by atoms with E-state index < -0.39 is 10.0 Å². The molecule has 2 heterocycles. The van der Waals surface area contributed by atoms with E-state index in [1.165, 1.54) is 0 Å². The van der Waals surface area contributed by atoms with Crippen LogP contribution in [0.5, 0.6) is 0 Å². The fourth-order valence-corrected chi connectivity index (χ4v) is 5.64.